The molecule has 8 nitrogen and oxygen atoms in total. The van der Waals surface area contributed by atoms with E-state index in [2.05, 4.69) is 74.3 Å². The van der Waals surface area contributed by atoms with E-state index in [4.69, 9.17) is 0 Å². The van der Waals surface area contributed by atoms with E-state index in [1.54, 1.807) is 24.8 Å². The highest BCUT2D eigenvalue weighted by atomic mass is 15.5. The smallest absolute Gasteiger partial charge is 0.191 e. The van der Waals surface area contributed by atoms with Crippen LogP contribution in [0, 0.1) is 0 Å². The van der Waals surface area contributed by atoms with Gasteiger partial charge in [-0.05, 0) is 20.3 Å². The van der Waals surface area contributed by atoms with Crippen molar-refractivity contribution < 1.29 is 0 Å². The summed E-state index contributed by atoms with van der Waals surface area (Å²) in [6, 6.07) is 0. The third-order valence-corrected chi connectivity index (χ3v) is 6.82. The largest absolute Gasteiger partial charge is 0.338 e. The first-order valence-electron chi connectivity index (χ1n) is 9.65. The normalized spacial score (nSPS) is 29.1. The van der Waals surface area contributed by atoms with E-state index >= 15 is 0 Å². The number of fused-ring (bicyclic) bond motifs is 2. The summed E-state index contributed by atoms with van der Waals surface area (Å²) in [5.74, 6) is 4.87. The summed E-state index contributed by atoms with van der Waals surface area (Å²) in [5, 5.41) is 0. The van der Waals surface area contributed by atoms with Gasteiger partial charge in [-0.25, -0.2) is 19.9 Å². The Morgan fingerprint density at radius 3 is 1.48 bits per heavy atom. The second kappa shape index (κ2) is 5.71. The average molecular weight is 364 g/mol. The number of hydrogen-bond acceptors (Lipinski definition) is 8. The Morgan fingerprint density at radius 1 is 0.741 bits per heavy atom. The van der Waals surface area contributed by atoms with Gasteiger partial charge in [0.25, 0.3) is 0 Å². The van der Waals surface area contributed by atoms with Crippen molar-refractivity contribution in [2.45, 2.75) is 51.3 Å². The van der Waals surface area contributed by atoms with Gasteiger partial charge in [0.15, 0.2) is 30.0 Å². The summed E-state index contributed by atoms with van der Waals surface area (Å²) < 4.78 is 0. The standard InChI is InChI=1S/C18H25BN8/c1-11-24(4)15-17(22-8-6-20-15)26(11)13-10-14(19(13)3)27-12(2)25(5)16-18(27)23-9-7-21-16/h6-9,11-14H,10H2,1-5H3/t11-,12+,13?,14?. The van der Waals surface area contributed by atoms with Crippen LogP contribution in [-0.4, -0.2) is 65.0 Å². The first-order chi connectivity index (χ1) is 13.0. The average Bonchev–Trinajstić information content (AvgIpc) is 3.08. The van der Waals surface area contributed by atoms with Crippen LogP contribution in [0.15, 0.2) is 24.8 Å². The predicted octanol–water partition coefficient (Wildman–Crippen LogP) is 1.52. The molecule has 0 aliphatic carbocycles. The number of aromatic nitrogens is 4. The summed E-state index contributed by atoms with van der Waals surface area (Å²) in [7, 11) is 4.20. The third-order valence-electron chi connectivity index (χ3n) is 6.82. The van der Waals surface area contributed by atoms with Gasteiger partial charge < -0.3 is 19.6 Å². The lowest BCUT2D eigenvalue weighted by atomic mass is 9.29. The van der Waals surface area contributed by atoms with Gasteiger partial charge in [-0.15, -0.1) is 0 Å². The Labute approximate surface area is 160 Å². The lowest BCUT2D eigenvalue weighted by Crippen LogP contribution is -2.70. The molecule has 5 heterocycles. The van der Waals surface area contributed by atoms with Gasteiger partial charge in [0, 0.05) is 50.8 Å². The van der Waals surface area contributed by atoms with Crippen molar-refractivity contribution >= 4 is 30.0 Å². The predicted molar refractivity (Wildman–Crippen MR) is 109 cm³/mol. The molecule has 4 atom stereocenters. The molecule has 0 saturated carbocycles. The molecule has 0 N–H and O–H groups in total. The van der Waals surface area contributed by atoms with E-state index in [1.807, 2.05) is 0 Å². The Morgan fingerprint density at radius 2 is 1.11 bits per heavy atom. The second-order valence-corrected chi connectivity index (χ2v) is 7.94. The van der Waals surface area contributed by atoms with E-state index < -0.39 is 0 Å². The molecule has 2 aromatic heterocycles. The number of anilines is 4. The quantitative estimate of drug-likeness (QED) is 0.744. The zero-order valence-corrected chi connectivity index (χ0v) is 16.5. The highest BCUT2D eigenvalue weighted by molar-refractivity contribution is 6.65. The van der Waals surface area contributed by atoms with Gasteiger partial charge in [-0.1, -0.05) is 6.82 Å². The minimum atomic E-state index is 0.265. The Hall–Kier alpha value is -2.58. The number of nitrogens with zero attached hydrogens (tertiary/aromatic N) is 8. The molecule has 27 heavy (non-hydrogen) atoms. The van der Waals surface area contributed by atoms with Gasteiger partial charge in [-0.3, -0.25) is 0 Å². The molecule has 2 unspecified atom stereocenters. The summed E-state index contributed by atoms with van der Waals surface area (Å²) in [6.45, 7) is 7.31. The highest BCUT2D eigenvalue weighted by Gasteiger charge is 2.54. The van der Waals surface area contributed by atoms with Crippen molar-refractivity contribution in [1.82, 2.24) is 19.9 Å². The molecule has 0 spiro atoms. The molecule has 2 aromatic rings. The summed E-state index contributed by atoms with van der Waals surface area (Å²) >= 11 is 0. The summed E-state index contributed by atoms with van der Waals surface area (Å²) in [5.41, 5.74) is 0. The van der Waals surface area contributed by atoms with Crippen LogP contribution in [0.5, 0.6) is 0 Å². The molecule has 9 heteroatoms. The first-order valence-corrected chi connectivity index (χ1v) is 9.65. The Kier molecular flexibility index (Phi) is 3.51. The Balaban J connectivity index is 1.42. The van der Waals surface area contributed by atoms with Crippen molar-refractivity contribution in [2.75, 3.05) is 33.7 Å². The van der Waals surface area contributed by atoms with Crippen LogP contribution in [0.4, 0.5) is 23.3 Å². The van der Waals surface area contributed by atoms with Gasteiger partial charge in [0.05, 0.1) is 0 Å². The molecule has 0 bridgehead atoms. The summed E-state index contributed by atoms with van der Waals surface area (Å²) in [4.78, 5) is 27.7. The van der Waals surface area contributed by atoms with Crippen LogP contribution in [-0.2, 0) is 0 Å². The van der Waals surface area contributed by atoms with Crippen LogP contribution in [0.25, 0.3) is 0 Å². The zero-order chi connectivity index (χ0) is 18.9. The maximum absolute atomic E-state index is 4.64. The molecule has 1 fully saturated rings. The molecule has 3 aliphatic heterocycles. The molecular formula is C18H25BN8. The van der Waals surface area contributed by atoms with Crippen LogP contribution < -0.4 is 19.6 Å². The molecular weight excluding hydrogens is 339 g/mol. The topological polar surface area (TPSA) is 64.5 Å². The monoisotopic (exact) mass is 364 g/mol. The lowest BCUT2D eigenvalue weighted by molar-refractivity contribution is 0.485. The molecule has 5 rings (SSSR count). The Bertz CT molecular complexity index is 808. The summed E-state index contributed by atoms with van der Waals surface area (Å²) in [6.07, 6.45) is 8.75. The van der Waals surface area contributed by atoms with E-state index in [-0.39, 0.29) is 12.3 Å². The third kappa shape index (κ3) is 2.11. The fraction of sp³-hybridized carbons (Fsp3) is 0.556. The maximum atomic E-state index is 4.64. The van der Waals surface area contributed by atoms with Crippen molar-refractivity contribution in [3.8, 4) is 0 Å². The molecule has 3 aliphatic rings. The van der Waals surface area contributed by atoms with Crippen molar-refractivity contribution in [3.05, 3.63) is 24.8 Å². The second-order valence-electron chi connectivity index (χ2n) is 7.94. The minimum absolute atomic E-state index is 0.265. The van der Waals surface area contributed by atoms with Crippen molar-refractivity contribution in [1.29, 1.82) is 0 Å². The highest BCUT2D eigenvalue weighted by Crippen LogP contribution is 2.45. The van der Waals surface area contributed by atoms with Crippen LogP contribution >= 0.6 is 0 Å². The number of rotatable bonds is 2. The SMILES string of the molecule is CB1C(N2c3nccnc3N(C)[C@H]2C)CC1N1c2nccnc2N(C)[C@@H]1C. The van der Waals surface area contributed by atoms with E-state index in [9.17, 15) is 0 Å². The molecule has 0 amide bonds. The fourth-order valence-corrected chi connectivity index (χ4v) is 4.93. The minimum Gasteiger partial charge on any atom is -0.338 e. The fourth-order valence-electron chi connectivity index (χ4n) is 4.93. The number of hydrogen-bond donors (Lipinski definition) is 0. The van der Waals surface area contributed by atoms with E-state index in [1.165, 1.54) is 0 Å². The molecule has 0 aromatic carbocycles. The lowest BCUT2D eigenvalue weighted by Gasteiger charge is -2.52. The van der Waals surface area contributed by atoms with Gasteiger partial charge in [-0.2, -0.15) is 0 Å². The van der Waals surface area contributed by atoms with Crippen LogP contribution in [0.1, 0.15) is 20.3 Å². The molecule has 1 saturated heterocycles. The van der Waals surface area contributed by atoms with Crippen molar-refractivity contribution in [3.63, 3.8) is 0 Å². The van der Waals surface area contributed by atoms with E-state index in [0.29, 0.717) is 18.6 Å². The molecule has 0 radical (unpaired) electrons. The van der Waals surface area contributed by atoms with Gasteiger partial charge in [0.2, 0.25) is 0 Å². The molecule has 140 valence electrons. The first kappa shape index (κ1) is 16.6. The maximum Gasteiger partial charge on any atom is 0.191 e. The van der Waals surface area contributed by atoms with Gasteiger partial charge >= 0.3 is 0 Å². The zero-order valence-electron chi connectivity index (χ0n) is 16.5. The van der Waals surface area contributed by atoms with Crippen LogP contribution in [0.2, 0.25) is 6.82 Å². The van der Waals surface area contributed by atoms with E-state index in [0.717, 1.165) is 29.7 Å². The van der Waals surface area contributed by atoms with Crippen LogP contribution in [0.3, 0.4) is 0 Å². The van der Waals surface area contributed by atoms with Gasteiger partial charge in [0.1, 0.15) is 12.3 Å². The van der Waals surface area contributed by atoms with Crippen molar-refractivity contribution in [2.24, 2.45) is 0 Å².